The lowest BCUT2D eigenvalue weighted by atomic mass is 9.79. The van der Waals surface area contributed by atoms with Crippen LogP contribution in [0.2, 0.25) is 0 Å². The van der Waals surface area contributed by atoms with E-state index in [2.05, 4.69) is 4.72 Å². The predicted molar refractivity (Wildman–Crippen MR) is 113 cm³/mol. The van der Waals surface area contributed by atoms with Crippen molar-refractivity contribution in [3.05, 3.63) is 29.8 Å². The highest BCUT2D eigenvalue weighted by Crippen LogP contribution is 2.39. The fourth-order valence-corrected chi connectivity index (χ4v) is 6.72. The number of rotatable bonds is 7. The van der Waals surface area contributed by atoms with E-state index < -0.39 is 20.0 Å². The molecular formula is C20H32N2O5S2. The first kappa shape index (κ1) is 22.7. The van der Waals surface area contributed by atoms with Crippen molar-refractivity contribution in [3.8, 4) is 0 Å². The highest BCUT2D eigenvalue weighted by molar-refractivity contribution is 7.89. The van der Waals surface area contributed by atoms with Gasteiger partial charge in [0.2, 0.25) is 20.0 Å². The van der Waals surface area contributed by atoms with Gasteiger partial charge in [0.25, 0.3) is 0 Å². The topological polar surface area (TPSA) is 92.8 Å². The van der Waals surface area contributed by atoms with Gasteiger partial charge in [-0.25, -0.2) is 21.6 Å². The van der Waals surface area contributed by atoms with E-state index in [0.717, 1.165) is 24.8 Å². The van der Waals surface area contributed by atoms with Crippen molar-refractivity contribution in [3.63, 3.8) is 0 Å². The second-order valence-electron chi connectivity index (χ2n) is 8.21. The molecule has 2 heterocycles. The van der Waals surface area contributed by atoms with Gasteiger partial charge in [-0.2, -0.15) is 4.31 Å². The van der Waals surface area contributed by atoms with Gasteiger partial charge in [0, 0.05) is 26.2 Å². The normalized spacial score (nSPS) is 23.3. The van der Waals surface area contributed by atoms with Gasteiger partial charge >= 0.3 is 0 Å². The Labute approximate surface area is 174 Å². The minimum absolute atomic E-state index is 0.287. The molecule has 2 fully saturated rings. The lowest BCUT2D eigenvalue weighted by Gasteiger charge is -2.46. The molecule has 1 atom stereocenters. The molecule has 3 rings (SSSR count). The Kier molecular flexibility index (Phi) is 7.05. The molecule has 1 aromatic carbocycles. The molecule has 7 nitrogen and oxygen atoms in total. The lowest BCUT2D eigenvalue weighted by Crippen LogP contribution is -2.51. The summed E-state index contributed by atoms with van der Waals surface area (Å²) in [6.07, 6.45) is 5.76. The molecule has 0 aromatic heterocycles. The maximum atomic E-state index is 13.2. The zero-order valence-electron chi connectivity index (χ0n) is 17.3. The van der Waals surface area contributed by atoms with Crippen LogP contribution in [-0.2, 0) is 31.2 Å². The third-order valence-electron chi connectivity index (χ3n) is 6.12. The quantitative estimate of drug-likeness (QED) is 0.696. The van der Waals surface area contributed by atoms with E-state index in [1.165, 1.54) is 6.26 Å². The molecule has 1 spiro atoms. The Morgan fingerprint density at radius 3 is 2.52 bits per heavy atom. The van der Waals surface area contributed by atoms with E-state index >= 15 is 0 Å². The first-order chi connectivity index (χ1) is 13.7. The molecular weight excluding hydrogens is 412 g/mol. The first-order valence-electron chi connectivity index (χ1n) is 10.3. The van der Waals surface area contributed by atoms with Crippen LogP contribution >= 0.6 is 0 Å². The molecule has 2 saturated heterocycles. The third kappa shape index (κ3) is 5.58. The minimum atomic E-state index is -3.50. The Morgan fingerprint density at radius 1 is 1.17 bits per heavy atom. The largest absolute Gasteiger partial charge is 0.375 e. The lowest BCUT2D eigenvalue weighted by molar-refractivity contribution is -0.121. The highest BCUT2D eigenvalue weighted by Gasteiger charge is 2.42. The van der Waals surface area contributed by atoms with Gasteiger partial charge in [-0.1, -0.05) is 25.1 Å². The summed E-state index contributed by atoms with van der Waals surface area (Å²) in [5.74, 6) is 0.391. The number of piperidine rings is 1. The van der Waals surface area contributed by atoms with E-state index in [4.69, 9.17) is 4.74 Å². The molecule has 29 heavy (non-hydrogen) atoms. The van der Waals surface area contributed by atoms with Crippen LogP contribution in [0.3, 0.4) is 0 Å². The second kappa shape index (κ2) is 9.01. The van der Waals surface area contributed by atoms with Gasteiger partial charge in [0.15, 0.2) is 0 Å². The average Bonchev–Trinajstić information content (AvgIpc) is 2.67. The second-order valence-corrected chi connectivity index (χ2v) is 12.0. The summed E-state index contributed by atoms with van der Waals surface area (Å²) in [4.78, 5) is 0.410. The van der Waals surface area contributed by atoms with Crippen LogP contribution < -0.4 is 4.72 Å². The number of benzene rings is 1. The molecule has 0 saturated carbocycles. The maximum Gasteiger partial charge on any atom is 0.243 e. The van der Waals surface area contributed by atoms with Crippen LogP contribution in [0.5, 0.6) is 0 Å². The molecule has 2 aliphatic rings. The Bertz CT molecular complexity index is 907. The predicted octanol–water partition coefficient (Wildman–Crippen LogP) is 2.14. The molecule has 2 aliphatic heterocycles. The number of nitrogens with one attached hydrogen (secondary N) is 1. The van der Waals surface area contributed by atoms with Crippen molar-refractivity contribution in [2.45, 2.75) is 55.9 Å². The summed E-state index contributed by atoms with van der Waals surface area (Å²) in [5.41, 5.74) is 0.560. The van der Waals surface area contributed by atoms with Gasteiger partial charge in [-0.15, -0.1) is 0 Å². The van der Waals surface area contributed by atoms with Gasteiger partial charge in [-0.3, -0.25) is 0 Å². The van der Waals surface area contributed by atoms with Crippen molar-refractivity contribution in [1.82, 2.24) is 9.03 Å². The summed E-state index contributed by atoms with van der Waals surface area (Å²) in [6, 6.07) is 7.22. The molecule has 164 valence electrons. The van der Waals surface area contributed by atoms with E-state index in [-0.39, 0.29) is 5.60 Å². The van der Waals surface area contributed by atoms with E-state index in [9.17, 15) is 16.8 Å². The Balaban J connectivity index is 1.62. The third-order valence-corrected chi connectivity index (χ3v) is 8.84. The van der Waals surface area contributed by atoms with E-state index in [1.807, 2.05) is 19.1 Å². The molecule has 0 aliphatic carbocycles. The molecule has 0 radical (unpaired) electrons. The smallest absolute Gasteiger partial charge is 0.243 e. The number of sulfonamides is 2. The molecule has 1 unspecified atom stereocenters. The summed E-state index contributed by atoms with van der Waals surface area (Å²) in [7, 11) is -6.67. The van der Waals surface area contributed by atoms with Gasteiger partial charge < -0.3 is 4.74 Å². The maximum absolute atomic E-state index is 13.2. The molecule has 0 bridgehead atoms. The van der Waals surface area contributed by atoms with Crippen LogP contribution in [0.25, 0.3) is 0 Å². The van der Waals surface area contributed by atoms with Crippen LogP contribution in [0, 0.1) is 5.92 Å². The number of aryl methyl sites for hydroxylation is 1. The van der Waals surface area contributed by atoms with Crippen LogP contribution in [0.1, 0.15) is 44.6 Å². The summed E-state index contributed by atoms with van der Waals surface area (Å²) in [5, 5.41) is 0. The van der Waals surface area contributed by atoms with Crippen molar-refractivity contribution < 1.29 is 21.6 Å². The number of hydrogen-bond acceptors (Lipinski definition) is 5. The fraction of sp³-hybridized carbons (Fsp3) is 0.700. The number of hydrogen-bond donors (Lipinski definition) is 1. The zero-order chi connectivity index (χ0) is 21.1. The van der Waals surface area contributed by atoms with Gasteiger partial charge in [0.1, 0.15) is 0 Å². The Morgan fingerprint density at radius 2 is 1.86 bits per heavy atom. The van der Waals surface area contributed by atoms with Crippen molar-refractivity contribution in [1.29, 1.82) is 0 Å². The van der Waals surface area contributed by atoms with Crippen LogP contribution in [0.15, 0.2) is 29.2 Å². The summed E-state index contributed by atoms with van der Waals surface area (Å²) in [6.45, 7) is 3.96. The Hall–Kier alpha value is -1.00. The number of nitrogens with zero attached hydrogens (tertiary/aromatic N) is 1. The highest BCUT2D eigenvalue weighted by atomic mass is 32.2. The monoisotopic (exact) mass is 444 g/mol. The van der Waals surface area contributed by atoms with Crippen LogP contribution in [0.4, 0.5) is 0 Å². The molecule has 1 aromatic rings. The molecule has 1 N–H and O–H groups in total. The molecule has 9 heteroatoms. The minimum Gasteiger partial charge on any atom is -0.375 e. The standard InChI is InChI=1S/C20H32N2O5S2/c1-3-18-6-4-5-7-19(18)29(25,26)22-13-10-20(11-14-22)16-17(9-15-27-20)8-12-21-28(2,23)24/h4-7,17,21H,3,8-16H2,1-2H3. The van der Waals surface area contributed by atoms with Crippen molar-refractivity contribution >= 4 is 20.0 Å². The van der Waals surface area contributed by atoms with Crippen LogP contribution in [-0.4, -0.2) is 59.2 Å². The molecule has 0 amide bonds. The fourth-order valence-electron chi connectivity index (χ4n) is 4.49. The van der Waals surface area contributed by atoms with Gasteiger partial charge in [-0.05, 0) is 56.1 Å². The summed E-state index contributed by atoms with van der Waals surface area (Å²) < 4.78 is 59.1. The van der Waals surface area contributed by atoms with Gasteiger partial charge in [0.05, 0.1) is 16.8 Å². The van der Waals surface area contributed by atoms with E-state index in [0.29, 0.717) is 56.3 Å². The number of ether oxygens (including phenoxy) is 1. The van der Waals surface area contributed by atoms with E-state index in [1.54, 1.807) is 16.4 Å². The average molecular weight is 445 g/mol. The SMILES string of the molecule is CCc1ccccc1S(=O)(=O)N1CCC2(CC1)CC(CCNS(C)(=O)=O)CCO2. The zero-order valence-corrected chi connectivity index (χ0v) is 18.9. The summed E-state index contributed by atoms with van der Waals surface area (Å²) >= 11 is 0. The van der Waals surface area contributed by atoms with Crippen molar-refractivity contribution in [2.24, 2.45) is 5.92 Å². The first-order valence-corrected chi connectivity index (χ1v) is 13.6. The van der Waals surface area contributed by atoms with Crippen molar-refractivity contribution in [2.75, 3.05) is 32.5 Å².